The molecule has 0 unspecified atom stereocenters. The van der Waals surface area contributed by atoms with E-state index in [1.54, 1.807) is 37.3 Å². The van der Waals surface area contributed by atoms with Crippen molar-refractivity contribution in [1.82, 2.24) is 5.32 Å². The summed E-state index contributed by atoms with van der Waals surface area (Å²) in [6.45, 7) is 4.80. The molecule has 0 saturated heterocycles. The van der Waals surface area contributed by atoms with Crippen LogP contribution in [0.4, 0.5) is 26.3 Å². The van der Waals surface area contributed by atoms with Gasteiger partial charge in [0.2, 0.25) is 0 Å². The van der Waals surface area contributed by atoms with Crippen LogP contribution in [0, 0.1) is 13.8 Å². The molecular weight excluding hydrogens is 704 g/mol. The van der Waals surface area contributed by atoms with Gasteiger partial charge in [-0.25, -0.2) is 0 Å². The lowest BCUT2D eigenvalue weighted by molar-refractivity contribution is -0.140. The zero-order chi connectivity index (χ0) is 38.9. The van der Waals surface area contributed by atoms with Crippen LogP contribution in [-0.4, -0.2) is 40.0 Å². The Balaban J connectivity index is 1.49. The van der Waals surface area contributed by atoms with Gasteiger partial charge in [0.25, 0.3) is 0 Å². The predicted octanol–water partition coefficient (Wildman–Crippen LogP) is 8.79. The van der Waals surface area contributed by atoms with Crippen LogP contribution >= 0.6 is 0 Å². The Labute approximate surface area is 304 Å². The molecule has 0 aromatic heterocycles. The van der Waals surface area contributed by atoms with Crippen LogP contribution in [-0.2, 0) is 43.3 Å². The number of aliphatic carboxylic acids is 1. The smallest absolute Gasteiger partial charge is 0.419 e. The van der Waals surface area contributed by atoms with Crippen LogP contribution in [0.25, 0.3) is 11.1 Å². The zero-order valence-electron chi connectivity index (χ0n) is 29.6. The van der Waals surface area contributed by atoms with E-state index in [0.29, 0.717) is 36.0 Å². The lowest BCUT2D eigenvalue weighted by Gasteiger charge is -2.19. The standard InChI is InChI=1S/C40H43F6NO6/c1-24(48)7-4-8-27-13-15-36(34(17-27)39(41,42)43)52-22-29-9-5-11-32(25(29)2)33-12-6-10-30(26(33)3)23-53-37-16-14-28(18-35(37)40(44,45)46)20-47-21-31(49)19-38(50)51/h5-6,9-18,24,31,47-49H,4,7-8,19-23H2,1-3H3,(H,50,51)/t24-,31-/m0/s1. The fourth-order valence-electron chi connectivity index (χ4n) is 5.95. The summed E-state index contributed by atoms with van der Waals surface area (Å²) in [6, 6.07) is 18.3. The van der Waals surface area contributed by atoms with Gasteiger partial charge < -0.3 is 30.1 Å². The number of carbonyl (C=O) groups is 1. The number of carboxylic acids is 1. The van der Waals surface area contributed by atoms with E-state index >= 15 is 0 Å². The number of aliphatic hydroxyl groups excluding tert-OH is 2. The number of carboxylic acid groups (broad SMARTS) is 1. The van der Waals surface area contributed by atoms with Crippen LogP contribution < -0.4 is 14.8 Å². The minimum atomic E-state index is -4.73. The summed E-state index contributed by atoms with van der Waals surface area (Å²) in [5, 5.41) is 30.7. The van der Waals surface area contributed by atoms with Crippen molar-refractivity contribution in [3.63, 3.8) is 0 Å². The van der Waals surface area contributed by atoms with E-state index in [2.05, 4.69) is 5.32 Å². The van der Waals surface area contributed by atoms with Crippen molar-refractivity contribution in [2.45, 2.75) is 90.8 Å². The summed E-state index contributed by atoms with van der Waals surface area (Å²) in [4.78, 5) is 10.7. The molecule has 13 heteroatoms. The number of ether oxygens (including phenoxy) is 2. The van der Waals surface area contributed by atoms with Crippen LogP contribution in [0.3, 0.4) is 0 Å². The number of alkyl halides is 6. The van der Waals surface area contributed by atoms with Crippen molar-refractivity contribution in [3.05, 3.63) is 117 Å². The molecule has 0 aliphatic rings. The molecule has 4 N–H and O–H groups in total. The first kappa shape index (κ1) is 41.2. The lowest BCUT2D eigenvalue weighted by Crippen LogP contribution is -2.28. The molecule has 0 spiro atoms. The van der Waals surface area contributed by atoms with E-state index in [-0.39, 0.29) is 43.4 Å². The Morgan fingerprint density at radius 2 is 1.25 bits per heavy atom. The molecule has 286 valence electrons. The number of aliphatic hydroxyl groups is 2. The maximum atomic E-state index is 14.1. The van der Waals surface area contributed by atoms with Crippen LogP contribution in [0.2, 0.25) is 0 Å². The van der Waals surface area contributed by atoms with Gasteiger partial charge in [0.15, 0.2) is 0 Å². The van der Waals surface area contributed by atoms with Gasteiger partial charge in [0.05, 0.1) is 29.8 Å². The molecule has 0 bridgehead atoms. The monoisotopic (exact) mass is 747 g/mol. The fourth-order valence-corrected chi connectivity index (χ4v) is 5.95. The first-order valence-corrected chi connectivity index (χ1v) is 17.1. The SMILES string of the molecule is Cc1c(COc2ccc(CCC[C@H](C)O)cc2C(F)(F)F)cccc1-c1cccc(COc2ccc(CNC[C@@H](O)CC(=O)O)cc2C(F)(F)F)c1C. The second-order valence-corrected chi connectivity index (χ2v) is 13.0. The average Bonchev–Trinajstić information content (AvgIpc) is 3.07. The molecule has 0 heterocycles. The Kier molecular flexibility index (Phi) is 13.9. The average molecular weight is 748 g/mol. The molecule has 0 fully saturated rings. The number of halogens is 6. The summed E-state index contributed by atoms with van der Waals surface area (Å²) >= 11 is 0. The van der Waals surface area contributed by atoms with Gasteiger partial charge >= 0.3 is 18.3 Å². The normalized spacial score (nSPS) is 13.1. The first-order chi connectivity index (χ1) is 24.9. The molecule has 4 rings (SSSR count). The van der Waals surface area contributed by atoms with Gasteiger partial charge in [-0.3, -0.25) is 4.79 Å². The van der Waals surface area contributed by atoms with E-state index < -0.39 is 48.1 Å². The highest BCUT2D eigenvalue weighted by Crippen LogP contribution is 2.39. The van der Waals surface area contributed by atoms with Crippen molar-refractivity contribution >= 4 is 5.97 Å². The van der Waals surface area contributed by atoms with Crippen LogP contribution in [0.5, 0.6) is 11.5 Å². The minimum absolute atomic E-state index is 0.0357. The van der Waals surface area contributed by atoms with Crippen molar-refractivity contribution in [2.24, 2.45) is 0 Å². The third-order valence-electron chi connectivity index (χ3n) is 8.85. The highest BCUT2D eigenvalue weighted by molar-refractivity contribution is 5.72. The first-order valence-electron chi connectivity index (χ1n) is 17.1. The third-order valence-corrected chi connectivity index (χ3v) is 8.85. The highest BCUT2D eigenvalue weighted by Gasteiger charge is 2.36. The van der Waals surface area contributed by atoms with E-state index in [4.69, 9.17) is 14.6 Å². The van der Waals surface area contributed by atoms with Crippen LogP contribution in [0.1, 0.15) is 70.7 Å². The van der Waals surface area contributed by atoms with Gasteiger partial charge in [-0.1, -0.05) is 48.5 Å². The summed E-state index contributed by atoms with van der Waals surface area (Å²) in [6.07, 6.45) is -10.2. The summed E-state index contributed by atoms with van der Waals surface area (Å²) in [5.74, 6) is -1.87. The molecule has 4 aromatic carbocycles. The molecule has 0 aliphatic heterocycles. The van der Waals surface area contributed by atoms with E-state index in [0.717, 1.165) is 34.4 Å². The highest BCUT2D eigenvalue weighted by atomic mass is 19.4. The molecule has 0 amide bonds. The number of hydrogen-bond acceptors (Lipinski definition) is 6. The fraction of sp³-hybridized carbons (Fsp3) is 0.375. The minimum Gasteiger partial charge on any atom is -0.488 e. The summed E-state index contributed by atoms with van der Waals surface area (Å²) < 4.78 is 95.7. The summed E-state index contributed by atoms with van der Waals surface area (Å²) in [7, 11) is 0. The molecule has 53 heavy (non-hydrogen) atoms. The second kappa shape index (κ2) is 18.0. The van der Waals surface area contributed by atoms with Crippen molar-refractivity contribution in [1.29, 1.82) is 0 Å². The quantitative estimate of drug-likeness (QED) is 0.0801. The Hall–Kier alpha value is -4.59. The van der Waals surface area contributed by atoms with Crippen molar-refractivity contribution in [2.75, 3.05) is 6.54 Å². The van der Waals surface area contributed by atoms with E-state index in [9.17, 15) is 41.4 Å². The predicted molar refractivity (Wildman–Crippen MR) is 187 cm³/mol. The molecule has 0 aliphatic carbocycles. The van der Waals surface area contributed by atoms with Gasteiger partial charge in [-0.15, -0.1) is 0 Å². The molecule has 4 aromatic rings. The molecule has 2 atom stereocenters. The number of aryl methyl sites for hydroxylation is 1. The number of rotatable bonds is 17. The Morgan fingerprint density at radius 1 is 0.755 bits per heavy atom. The van der Waals surface area contributed by atoms with Gasteiger partial charge in [-0.05, 0) is 109 Å². The lowest BCUT2D eigenvalue weighted by atomic mass is 9.92. The number of hydrogen-bond donors (Lipinski definition) is 4. The zero-order valence-corrected chi connectivity index (χ0v) is 29.6. The van der Waals surface area contributed by atoms with Crippen LogP contribution in [0.15, 0.2) is 72.8 Å². The molecular formula is C40H43F6NO6. The number of benzene rings is 4. The van der Waals surface area contributed by atoms with E-state index in [1.165, 1.54) is 18.2 Å². The largest absolute Gasteiger partial charge is 0.488 e. The van der Waals surface area contributed by atoms with Crippen molar-refractivity contribution in [3.8, 4) is 22.6 Å². The van der Waals surface area contributed by atoms with Gasteiger partial charge in [0.1, 0.15) is 24.7 Å². The molecule has 0 saturated carbocycles. The van der Waals surface area contributed by atoms with Crippen molar-refractivity contribution < 1.29 is 55.9 Å². The van der Waals surface area contributed by atoms with Gasteiger partial charge in [-0.2, -0.15) is 26.3 Å². The molecule has 0 radical (unpaired) electrons. The van der Waals surface area contributed by atoms with Gasteiger partial charge in [0, 0.05) is 13.1 Å². The third kappa shape index (κ3) is 11.7. The second-order valence-electron chi connectivity index (χ2n) is 13.0. The van der Waals surface area contributed by atoms with E-state index in [1.807, 2.05) is 26.0 Å². The topological polar surface area (TPSA) is 108 Å². The summed E-state index contributed by atoms with van der Waals surface area (Å²) in [5.41, 5.74) is 3.22. The maximum Gasteiger partial charge on any atom is 0.419 e. The molecule has 7 nitrogen and oxygen atoms in total. The Morgan fingerprint density at radius 3 is 1.72 bits per heavy atom. The maximum absolute atomic E-state index is 14.1. The Bertz CT molecular complexity index is 1860. The number of nitrogens with one attached hydrogen (secondary N) is 1.